The summed E-state index contributed by atoms with van der Waals surface area (Å²) in [5, 5.41) is 14.6. The number of ether oxygens (including phenoxy) is 1. The zero-order chi connectivity index (χ0) is 19.7. The summed E-state index contributed by atoms with van der Waals surface area (Å²) >= 11 is 0. The van der Waals surface area contributed by atoms with Gasteiger partial charge in [-0.1, -0.05) is 0 Å². The highest BCUT2D eigenvalue weighted by atomic mass is 16.5. The summed E-state index contributed by atoms with van der Waals surface area (Å²) in [4.78, 5) is 19.8. The highest BCUT2D eigenvalue weighted by Gasteiger charge is 2.12. The Balaban J connectivity index is 1.67. The quantitative estimate of drug-likeness (QED) is 0.482. The van der Waals surface area contributed by atoms with Gasteiger partial charge in [0.15, 0.2) is 11.6 Å². The number of carbonyl (C=O) groups is 1. The number of primary amides is 1. The topological polar surface area (TPSA) is 142 Å². The standard InChI is InChI=1S/C19H16N6O3/c20-18-16(9-12-8-11(19(21)27)2-3-13(12)24-18)28-10-14-15(4-5-17(26)23-14)25-7-1-6-22-25/h1-9H,10H2,(H2,20,24)(H2,21,27)(H,23,26). The second-order valence-corrected chi connectivity index (χ2v) is 6.02. The zero-order valence-electron chi connectivity index (χ0n) is 14.6. The molecule has 5 N–H and O–H groups in total. The van der Waals surface area contributed by atoms with Crippen molar-refractivity contribution in [3.05, 3.63) is 66.1 Å². The largest absolute Gasteiger partial charge is 0.493 e. The molecular weight excluding hydrogens is 360 g/mol. The fourth-order valence-electron chi connectivity index (χ4n) is 2.80. The van der Waals surface area contributed by atoms with Gasteiger partial charge >= 0.3 is 0 Å². The van der Waals surface area contributed by atoms with Crippen molar-refractivity contribution >= 4 is 22.6 Å². The van der Waals surface area contributed by atoms with Gasteiger partial charge in [-0.25, -0.2) is 14.6 Å². The summed E-state index contributed by atoms with van der Waals surface area (Å²) in [6.45, 7) is 0.0243. The summed E-state index contributed by atoms with van der Waals surface area (Å²) in [6.07, 6.45) is 3.40. The molecule has 28 heavy (non-hydrogen) atoms. The maximum Gasteiger partial charge on any atom is 0.248 e. The predicted octanol–water partition coefficient (Wildman–Crippen LogP) is 1.78. The van der Waals surface area contributed by atoms with E-state index in [1.807, 2.05) is 0 Å². The van der Waals surface area contributed by atoms with E-state index in [0.29, 0.717) is 33.6 Å². The van der Waals surface area contributed by atoms with Gasteiger partial charge in [0.2, 0.25) is 11.8 Å². The van der Waals surface area contributed by atoms with Gasteiger partial charge < -0.3 is 21.3 Å². The molecule has 0 radical (unpaired) electrons. The van der Waals surface area contributed by atoms with Crippen LogP contribution in [0.1, 0.15) is 16.1 Å². The number of amides is 1. The smallest absolute Gasteiger partial charge is 0.248 e. The third-order valence-corrected chi connectivity index (χ3v) is 4.14. The molecule has 0 aliphatic rings. The van der Waals surface area contributed by atoms with Gasteiger partial charge in [0.25, 0.3) is 0 Å². The number of aromatic hydroxyl groups is 1. The lowest BCUT2D eigenvalue weighted by atomic mass is 10.1. The number of nitrogen functional groups attached to an aromatic ring is 1. The van der Waals surface area contributed by atoms with E-state index in [4.69, 9.17) is 16.2 Å². The molecule has 3 heterocycles. The van der Waals surface area contributed by atoms with Gasteiger partial charge in [-0.2, -0.15) is 5.10 Å². The maximum absolute atomic E-state index is 11.4. The molecule has 1 aromatic carbocycles. The fourth-order valence-corrected chi connectivity index (χ4v) is 2.80. The summed E-state index contributed by atoms with van der Waals surface area (Å²) in [5.74, 6) is -0.148. The van der Waals surface area contributed by atoms with Crippen LogP contribution in [0.15, 0.2) is 54.9 Å². The second-order valence-electron chi connectivity index (χ2n) is 6.02. The number of nitrogens with zero attached hydrogens (tertiary/aromatic N) is 4. The fraction of sp³-hybridized carbons (Fsp3) is 0.0526. The molecule has 4 rings (SSSR count). The molecular formula is C19H16N6O3. The van der Waals surface area contributed by atoms with Crippen LogP contribution in [0.3, 0.4) is 0 Å². The third-order valence-electron chi connectivity index (χ3n) is 4.14. The Labute approximate surface area is 159 Å². The average molecular weight is 376 g/mol. The van der Waals surface area contributed by atoms with Crippen LogP contribution in [-0.2, 0) is 6.61 Å². The summed E-state index contributed by atoms with van der Waals surface area (Å²) < 4.78 is 7.42. The second kappa shape index (κ2) is 6.88. The number of pyridine rings is 2. The van der Waals surface area contributed by atoms with Crippen molar-refractivity contribution in [2.75, 3.05) is 5.73 Å². The van der Waals surface area contributed by atoms with Crippen molar-refractivity contribution in [2.24, 2.45) is 5.73 Å². The summed E-state index contributed by atoms with van der Waals surface area (Å²) in [6, 6.07) is 11.5. The highest BCUT2D eigenvalue weighted by Crippen LogP contribution is 2.27. The van der Waals surface area contributed by atoms with Gasteiger partial charge in [0, 0.05) is 29.4 Å². The number of hydrogen-bond acceptors (Lipinski definition) is 7. The Morgan fingerprint density at radius 2 is 2.04 bits per heavy atom. The molecule has 1 amide bonds. The monoisotopic (exact) mass is 376 g/mol. The molecule has 9 heteroatoms. The van der Waals surface area contributed by atoms with Crippen molar-refractivity contribution in [3.63, 3.8) is 0 Å². The number of aromatic nitrogens is 4. The predicted molar refractivity (Wildman–Crippen MR) is 102 cm³/mol. The van der Waals surface area contributed by atoms with Crippen molar-refractivity contribution in [1.29, 1.82) is 0 Å². The van der Waals surface area contributed by atoms with Crippen molar-refractivity contribution in [2.45, 2.75) is 6.61 Å². The highest BCUT2D eigenvalue weighted by molar-refractivity contribution is 5.97. The van der Waals surface area contributed by atoms with Gasteiger partial charge in [-0.05, 0) is 36.4 Å². The molecule has 0 atom stereocenters. The minimum atomic E-state index is -0.533. The molecule has 0 saturated carbocycles. The summed E-state index contributed by atoms with van der Waals surface area (Å²) in [5.41, 5.74) is 13.4. The number of anilines is 1. The zero-order valence-corrected chi connectivity index (χ0v) is 14.6. The lowest BCUT2D eigenvalue weighted by Crippen LogP contribution is -2.10. The first-order valence-corrected chi connectivity index (χ1v) is 8.33. The Morgan fingerprint density at radius 3 is 2.79 bits per heavy atom. The van der Waals surface area contributed by atoms with Gasteiger partial charge in [0.05, 0.1) is 11.2 Å². The lowest BCUT2D eigenvalue weighted by molar-refractivity contribution is 0.100. The molecule has 0 aliphatic heterocycles. The van der Waals surface area contributed by atoms with Crippen LogP contribution < -0.4 is 16.2 Å². The number of fused-ring (bicyclic) bond motifs is 1. The van der Waals surface area contributed by atoms with E-state index in [1.165, 1.54) is 6.07 Å². The molecule has 0 bridgehead atoms. The van der Waals surface area contributed by atoms with Crippen molar-refractivity contribution in [1.82, 2.24) is 19.7 Å². The van der Waals surface area contributed by atoms with E-state index < -0.39 is 5.91 Å². The van der Waals surface area contributed by atoms with E-state index in [0.717, 1.165) is 0 Å². The van der Waals surface area contributed by atoms with Crippen molar-refractivity contribution in [3.8, 4) is 17.3 Å². The minimum Gasteiger partial charge on any atom is -0.493 e. The first-order valence-electron chi connectivity index (χ1n) is 8.33. The van der Waals surface area contributed by atoms with Crippen LogP contribution >= 0.6 is 0 Å². The number of benzene rings is 1. The van der Waals surface area contributed by atoms with E-state index in [-0.39, 0.29) is 18.3 Å². The Kier molecular flexibility index (Phi) is 4.24. The van der Waals surface area contributed by atoms with Crippen LogP contribution in [0.25, 0.3) is 16.6 Å². The molecule has 140 valence electrons. The Bertz CT molecular complexity index is 1170. The molecule has 0 spiro atoms. The third kappa shape index (κ3) is 3.28. The van der Waals surface area contributed by atoms with E-state index in [2.05, 4.69) is 15.1 Å². The van der Waals surface area contributed by atoms with Crippen LogP contribution in [0.5, 0.6) is 11.6 Å². The summed E-state index contributed by atoms with van der Waals surface area (Å²) in [7, 11) is 0. The molecule has 0 aliphatic carbocycles. The molecule has 0 saturated heterocycles. The van der Waals surface area contributed by atoms with E-state index in [9.17, 15) is 9.90 Å². The van der Waals surface area contributed by atoms with Crippen LogP contribution in [0, 0.1) is 0 Å². The molecule has 4 aromatic rings. The first kappa shape index (κ1) is 17.3. The molecule has 9 nitrogen and oxygen atoms in total. The first-order chi connectivity index (χ1) is 13.5. The number of rotatable bonds is 5. The van der Waals surface area contributed by atoms with Gasteiger partial charge in [-0.15, -0.1) is 0 Å². The number of hydrogen-bond donors (Lipinski definition) is 3. The molecule has 0 unspecified atom stereocenters. The van der Waals surface area contributed by atoms with Crippen molar-refractivity contribution < 1.29 is 14.6 Å². The van der Waals surface area contributed by atoms with Crippen LogP contribution in [0.4, 0.5) is 5.82 Å². The maximum atomic E-state index is 11.4. The SMILES string of the molecule is NC(=O)c1ccc2nc(N)c(OCc3nc(O)ccc3-n3cccn3)cc2c1. The van der Waals surface area contributed by atoms with E-state index >= 15 is 0 Å². The molecule has 3 aromatic heterocycles. The van der Waals surface area contributed by atoms with Crippen LogP contribution in [-0.4, -0.2) is 30.8 Å². The normalized spacial score (nSPS) is 10.9. The minimum absolute atomic E-state index is 0.0243. The number of nitrogens with two attached hydrogens (primary N) is 2. The van der Waals surface area contributed by atoms with Gasteiger partial charge in [0.1, 0.15) is 12.3 Å². The van der Waals surface area contributed by atoms with E-state index in [1.54, 1.807) is 53.5 Å². The average Bonchev–Trinajstić information content (AvgIpc) is 3.20. The Hall–Kier alpha value is -4.14. The van der Waals surface area contributed by atoms with Gasteiger partial charge in [-0.3, -0.25) is 4.79 Å². The Morgan fingerprint density at radius 1 is 1.18 bits per heavy atom. The lowest BCUT2D eigenvalue weighted by Gasteiger charge is -2.12. The number of carbonyl (C=O) groups excluding carboxylic acids is 1. The molecule has 0 fully saturated rings. The van der Waals surface area contributed by atoms with Crippen LogP contribution in [0.2, 0.25) is 0 Å².